The molecule has 0 radical (unpaired) electrons. The highest BCUT2D eigenvalue weighted by molar-refractivity contribution is 7.03. The second-order valence-electron chi connectivity index (χ2n) is 4.58. The fraction of sp³-hybridized carbons (Fsp3) is 0.333. The summed E-state index contributed by atoms with van der Waals surface area (Å²) in [5.41, 5.74) is 2.21. The van der Waals surface area contributed by atoms with Crippen molar-refractivity contribution in [2.75, 3.05) is 20.3 Å². The maximum atomic E-state index is 12.6. The van der Waals surface area contributed by atoms with Gasteiger partial charge in [-0.25, -0.2) is 0 Å². The molecule has 0 unspecified atom stereocenters. The van der Waals surface area contributed by atoms with Crippen molar-refractivity contribution in [1.29, 1.82) is 0 Å². The summed E-state index contributed by atoms with van der Waals surface area (Å²) >= 11 is 1.26. The fourth-order valence-corrected chi connectivity index (χ4v) is 2.77. The molecule has 6 heteroatoms. The number of hydrogen-bond acceptors (Lipinski definition) is 5. The first-order valence-corrected chi connectivity index (χ1v) is 7.44. The van der Waals surface area contributed by atoms with Gasteiger partial charge in [0.2, 0.25) is 0 Å². The number of carbonyl (C=O) groups is 1. The number of carbonyl (C=O) groups excluding carboxylic acids is 1. The number of hydrogen-bond donors (Lipinski definition) is 1. The van der Waals surface area contributed by atoms with Crippen molar-refractivity contribution in [3.63, 3.8) is 0 Å². The molecule has 0 bridgehead atoms. The molecule has 0 spiro atoms. The minimum Gasteiger partial charge on any atom is -0.496 e. The van der Waals surface area contributed by atoms with Crippen LogP contribution in [0.15, 0.2) is 29.6 Å². The summed E-state index contributed by atoms with van der Waals surface area (Å²) in [5, 5.41) is 11.0. The van der Waals surface area contributed by atoms with E-state index in [4.69, 9.17) is 4.74 Å². The number of amides is 1. The third-order valence-corrected chi connectivity index (χ3v) is 3.91. The van der Waals surface area contributed by atoms with Crippen molar-refractivity contribution in [3.8, 4) is 5.75 Å². The number of aromatic nitrogens is 1. The van der Waals surface area contributed by atoms with Gasteiger partial charge in [-0.3, -0.25) is 4.79 Å². The van der Waals surface area contributed by atoms with Crippen LogP contribution in [-0.2, 0) is 6.54 Å². The Morgan fingerprint density at radius 3 is 2.81 bits per heavy atom. The highest BCUT2D eigenvalue weighted by Crippen LogP contribution is 2.21. The Hall–Kier alpha value is -1.92. The van der Waals surface area contributed by atoms with Gasteiger partial charge in [0.1, 0.15) is 5.75 Å². The van der Waals surface area contributed by atoms with E-state index in [0.29, 0.717) is 17.8 Å². The topological polar surface area (TPSA) is 62.7 Å². The van der Waals surface area contributed by atoms with Crippen molar-refractivity contribution >= 4 is 17.4 Å². The van der Waals surface area contributed by atoms with E-state index in [2.05, 4.69) is 4.37 Å². The molecule has 1 aromatic heterocycles. The van der Waals surface area contributed by atoms with Crippen LogP contribution in [0.4, 0.5) is 0 Å². The van der Waals surface area contributed by atoms with Crippen LogP contribution < -0.4 is 4.74 Å². The van der Waals surface area contributed by atoms with Crippen molar-refractivity contribution in [2.45, 2.75) is 13.5 Å². The molecule has 0 saturated carbocycles. The summed E-state index contributed by atoms with van der Waals surface area (Å²) in [5.74, 6) is 0.606. The van der Waals surface area contributed by atoms with E-state index >= 15 is 0 Å². The number of aryl methyl sites for hydroxylation is 1. The van der Waals surface area contributed by atoms with Gasteiger partial charge in [-0.1, -0.05) is 18.2 Å². The number of methoxy groups -OCH3 is 1. The predicted octanol–water partition coefficient (Wildman–Crippen LogP) is 2.09. The maximum absolute atomic E-state index is 12.6. The molecule has 0 fully saturated rings. The molecule has 5 nitrogen and oxygen atoms in total. The summed E-state index contributed by atoms with van der Waals surface area (Å²) in [6.07, 6.45) is 0. The van der Waals surface area contributed by atoms with Gasteiger partial charge in [0.15, 0.2) is 0 Å². The van der Waals surface area contributed by atoms with E-state index < -0.39 is 0 Å². The Bertz CT molecular complexity index is 612. The molecular weight excluding hydrogens is 288 g/mol. The Balaban J connectivity index is 2.23. The Labute approximate surface area is 128 Å². The Morgan fingerprint density at radius 2 is 2.19 bits per heavy atom. The highest BCUT2D eigenvalue weighted by Gasteiger charge is 2.20. The molecule has 0 aliphatic heterocycles. The second kappa shape index (κ2) is 7.19. The standard InChI is InChI=1S/C15H18N2O3S/c1-11-13(10-21-16-11)15(19)17(7-8-18)9-12-5-3-4-6-14(12)20-2/h3-6,10,18H,7-9H2,1-2H3. The number of rotatable bonds is 6. The molecule has 1 N–H and O–H groups in total. The quantitative estimate of drug-likeness (QED) is 0.887. The van der Waals surface area contributed by atoms with Crippen LogP contribution in [0.3, 0.4) is 0 Å². The van der Waals surface area contributed by atoms with Gasteiger partial charge in [0.05, 0.1) is 25.0 Å². The fourth-order valence-electron chi connectivity index (χ4n) is 2.08. The zero-order valence-corrected chi connectivity index (χ0v) is 12.9. The lowest BCUT2D eigenvalue weighted by Gasteiger charge is -2.22. The molecule has 0 aliphatic rings. The summed E-state index contributed by atoms with van der Waals surface area (Å²) in [6, 6.07) is 7.55. The van der Waals surface area contributed by atoms with Crippen LogP contribution in [0.5, 0.6) is 5.75 Å². The van der Waals surface area contributed by atoms with Crippen LogP contribution in [0.2, 0.25) is 0 Å². The summed E-state index contributed by atoms with van der Waals surface area (Å²) in [4.78, 5) is 14.2. The number of nitrogens with zero attached hydrogens (tertiary/aromatic N) is 2. The predicted molar refractivity (Wildman–Crippen MR) is 81.7 cm³/mol. The largest absolute Gasteiger partial charge is 0.496 e. The normalized spacial score (nSPS) is 10.4. The molecule has 21 heavy (non-hydrogen) atoms. The number of ether oxygens (including phenoxy) is 1. The summed E-state index contributed by atoms with van der Waals surface area (Å²) in [7, 11) is 1.60. The number of aliphatic hydroxyl groups excluding tert-OH is 1. The van der Waals surface area contributed by atoms with Crippen LogP contribution in [0.1, 0.15) is 21.6 Å². The monoisotopic (exact) mass is 306 g/mol. The molecule has 1 heterocycles. The lowest BCUT2D eigenvalue weighted by Crippen LogP contribution is -2.33. The zero-order chi connectivity index (χ0) is 15.2. The van der Waals surface area contributed by atoms with Crippen molar-refractivity contribution < 1.29 is 14.6 Å². The lowest BCUT2D eigenvalue weighted by molar-refractivity contribution is 0.0706. The van der Waals surface area contributed by atoms with E-state index in [1.165, 1.54) is 11.5 Å². The van der Waals surface area contributed by atoms with Crippen LogP contribution in [0, 0.1) is 6.92 Å². The lowest BCUT2D eigenvalue weighted by atomic mass is 10.1. The minimum absolute atomic E-state index is 0.0858. The van der Waals surface area contributed by atoms with Gasteiger partial charge in [0.25, 0.3) is 5.91 Å². The molecular formula is C15H18N2O3S. The first-order valence-electron chi connectivity index (χ1n) is 6.60. The summed E-state index contributed by atoms with van der Waals surface area (Å²) in [6.45, 7) is 2.38. The van der Waals surface area contributed by atoms with Gasteiger partial charge in [-0.2, -0.15) is 4.37 Å². The number of aliphatic hydroxyl groups is 1. The van der Waals surface area contributed by atoms with Crippen molar-refractivity contribution in [2.24, 2.45) is 0 Å². The SMILES string of the molecule is COc1ccccc1CN(CCO)C(=O)c1csnc1C. The zero-order valence-electron chi connectivity index (χ0n) is 12.1. The first kappa shape index (κ1) is 15.5. The van der Waals surface area contributed by atoms with Gasteiger partial charge >= 0.3 is 0 Å². The Kier molecular flexibility index (Phi) is 5.30. The van der Waals surface area contributed by atoms with Gasteiger partial charge in [-0.05, 0) is 24.5 Å². The molecule has 0 saturated heterocycles. The van der Waals surface area contributed by atoms with Crippen LogP contribution in [0.25, 0.3) is 0 Å². The van der Waals surface area contributed by atoms with Crippen molar-refractivity contribution in [1.82, 2.24) is 9.27 Å². The molecule has 2 aromatic rings. The van der Waals surface area contributed by atoms with Crippen molar-refractivity contribution in [3.05, 3.63) is 46.5 Å². The minimum atomic E-state index is -0.124. The van der Waals surface area contributed by atoms with E-state index in [-0.39, 0.29) is 19.1 Å². The van der Waals surface area contributed by atoms with E-state index in [0.717, 1.165) is 11.3 Å². The smallest absolute Gasteiger partial charge is 0.256 e. The van der Waals surface area contributed by atoms with E-state index in [1.54, 1.807) is 17.4 Å². The van der Waals surface area contributed by atoms with E-state index in [1.807, 2.05) is 31.2 Å². The van der Waals surface area contributed by atoms with Gasteiger partial charge in [-0.15, -0.1) is 0 Å². The average Bonchev–Trinajstić information content (AvgIpc) is 2.92. The highest BCUT2D eigenvalue weighted by atomic mass is 32.1. The molecule has 1 aromatic carbocycles. The molecule has 0 aliphatic carbocycles. The molecule has 1 amide bonds. The summed E-state index contributed by atoms with van der Waals surface area (Å²) < 4.78 is 9.44. The maximum Gasteiger partial charge on any atom is 0.256 e. The van der Waals surface area contributed by atoms with Gasteiger partial charge in [0, 0.05) is 24.0 Å². The molecule has 0 atom stereocenters. The third kappa shape index (κ3) is 3.59. The Morgan fingerprint density at radius 1 is 1.43 bits per heavy atom. The third-order valence-electron chi connectivity index (χ3n) is 3.19. The van der Waals surface area contributed by atoms with Crippen LogP contribution >= 0.6 is 11.5 Å². The number of para-hydroxylation sites is 1. The molecule has 112 valence electrons. The van der Waals surface area contributed by atoms with E-state index in [9.17, 15) is 9.90 Å². The first-order chi connectivity index (χ1) is 10.2. The molecule has 2 rings (SSSR count). The second-order valence-corrected chi connectivity index (χ2v) is 5.20. The van der Waals surface area contributed by atoms with Gasteiger partial charge < -0.3 is 14.7 Å². The average molecular weight is 306 g/mol. The van der Waals surface area contributed by atoms with Crippen LogP contribution in [-0.4, -0.2) is 40.5 Å². The number of benzene rings is 1.